The number of rotatable bonds is 7. The average Bonchev–Trinajstić information content (AvgIpc) is 2.60. The van der Waals surface area contributed by atoms with Gasteiger partial charge in [-0.05, 0) is 54.2 Å². The molecule has 0 aliphatic heterocycles. The molecule has 1 N–H and O–H groups in total. The van der Waals surface area contributed by atoms with Crippen molar-refractivity contribution in [3.63, 3.8) is 0 Å². The normalized spacial score (nSPS) is 11.1. The van der Waals surface area contributed by atoms with Crippen molar-refractivity contribution < 1.29 is 14.3 Å². The van der Waals surface area contributed by atoms with Gasteiger partial charge in [-0.1, -0.05) is 45.0 Å². The molecular formula is C22H29NO3. The molecule has 2 aromatic rings. The molecule has 2 aromatic carbocycles. The minimum Gasteiger partial charge on any atom is -0.491 e. The van der Waals surface area contributed by atoms with Crippen LogP contribution in [0.3, 0.4) is 0 Å². The van der Waals surface area contributed by atoms with Crippen molar-refractivity contribution in [1.82, 2.24) is 5.32 Å². The summed E-state index contributed by atoms with van der Waals surface area (Å²) in [6.07, 6.45) is 0. The molecular weight excluding hydrogens is 326 g/mol. The van der Waals surface area contributed by atoms with E-state index in [1.165, 1.54) is 11.1 Å². The number of hydrogen-bond acceptors (Lipinski definition) is 3. The van der Waals surface area contributed by atoms with Crippen LogP contribution in [0.25, 0.3) is 0 Å². The Balaban J connectivity index is 1.70. The number of benzene rings is 2. The Morgan fingerprint density at radius 1 is 1.00 bits per heavy atom. The van der Waals surface area contributed by atoms with E-state index >= 15 is 0 Å². The fourth-order valence-corrected chi connectivity index (χ4v) is 2.48. The van der Waals surface area contributed by atoms with Crippen LogP contribution in [0.15, 0.2) is 42.5 Å². The molecule has 0 spiro atoms. The summed E-state index contributed by atoms with van der Waals surface area (Å²) < 4.78 is 11.3. The third-order valence-corrected chi connectivity index (χ3v) is 4.33. The quantitative estimate of drug-likeness (QED) is 0.758. The lowest BCUT2D eigenvalue weighted by Gasteiger charge is -2.19. The predicted octanol–water partition coefficient (Wildman–Crippen LogP) is 4.17. The van der Waals surface area contributed by atoms with Gasteiger partial charge < -0.3 is 14.8 Å². The molecule has 4 nitrogen and oxygen atoms in total. The topological polar surface area (TPSA) is 47.6 Å². The van der Waals surface area contributed by atoms with Crippen molar-refractivity contribution in [1.29, 1.82) is 0 Å². The van der Waals surface area contributed by atoms with Gasteiger partial charge in [-0.15, -0.1) is 0 Å². The first-order valence-corrected chi connectivity index (χ1v) is 8.96. The zero-order valence-corrected chi connectivity index (χ0v) is 16.4. The molecule has 1 amide bonds. The summed E-state index contributed by atoms with van der Waals surface area (Å²) in [5.41, 5.74) is 3.65. The fraction of sp³-hybridized carbons (Fsp3) is 0.409. The van der Waals surface area contributed by atoms with Gasteiger partial charge in [-0.2, -0.15) is 0 Å². The maximum Gasteiger partial charge on any atom is 0.258 e. The lowest BCUT2D eigenvalue weighted by molar-refractivity contribution is -0.123. The third-order valence-electron chi connectivity index (χ3n) is 4.33. The van der Waals surface area contributed by atoms with Crippen molar-refractivity contribution >= 4 is 5.91 Å². The largest absolute Gasteiger partial charge is 0.491 e. The van der Waals surface area contributed by atoms with Crippen molar-refractivity contribution in [2.45, 2.75) is 40.0 Å². The maximum absolute atomic E-state index is 11.9. The first-order valence-electron chi connectivity index (χ1n) is 8.96. The second kappa shape index (κ2) is 8.75. The summed E-state index contributed by atoms with van der Waals surface area (Å²) in [5.74, 6) is 1.39. The molecule has 140 valence electrons. The summed E-state index contributed by atoms with van der Waals surface area (Å²) in [6, 6.07) is 13.8. The van der Waals surface area contributed by atoms with Gasteiger partial charge in [0, 0.05) is 0 Å². The van der Waals surface area contributed by atoms with E-state index in [4.69, 9.17) is 9.47 Å². The third kappa shape index (κ3) is 5.80. The number of carbonyl (C=O) groups is 1. The fourth-order valence-electron chi connectivity index (χ4n) is 2.48. The highest BCUT2D eigenvalue weighted by molar-refractivity contribution is 5.77. The van der Waals surface area contributed by atoms with Gasteiger partial charge in [0.25, 0.3) is 5.91 Å². The number of aryl methyl sites for hydroxylation is 1. The molecule has 0 radical (unpaired) electrons. The number of hydrogen-bond donors (Lipinski definition) is 1. The minimum atomic E-state index is -0.158. The van der Waals surface area contributed by atoms with Crippen LogP contribution in [-0.2, 0) is 10.2 Å². The second-order valence-corrected chi connectivity index (χ2v) is 7.46. The molecule has 0 bridgehead atoms. The molecule has 26 heavy (non-hydrogen) atoms. The molecule has 0 aliphatic carbocycles. The van der Waals surface area contributed by atoms with Gasteiger partial charge in [0.05, 0.1) is 6.54 Å². The highest BCUT2D eigenvalue weighted by atomic mass is 16.5. The van der Waals surface area contributed by atoms with Crippen molar-refractivity contribution in [3.8, 4) is 11.5 Å². The summed E-state index contributed by atoms with van der Waals surface area (Å²) in [6.45, 7) is 11.4. The lowest BCUT2D eigenvalue weighted by atomic mass is 9.87. The van der Waals surface area contributed by atoms with Gasteiger partial charge in [0.15, 0.2) is 6.61 Å². The van der Waals surface area contributed by atoms with Crippen LogP contribution in [0.4, 0.5) is 0 Å². The number of carbonyl (C=O) groups excluding carboxylic acids is 1. The number of nitrogens with one attached hydrogen (secondary N) is 1. The van der Waals surface area contributed by atoms with Crippen LogP contribution in [-0.4, -0.2) is 25.7 Å². The smallest absolute Gasteiger partial charge is 0.258 e. The van der Waals surface area contributed by atoms with E-state index in [-0.39, 0.29) is 17.9 Å². The zero-order valence-electron chi connectivity index (χ0n) is 16.4. The van der Waals surface area contributed by atoms with E-state index in [1.54, 1.807) is 0 Å². The molecule has 0 aromatic heterocycles. The van der Waals surface area contributed by atoms with Gasteiger partial charge in [0.2, 0.25) is 0 Å². The average molecular weight is 355 g/mol. The second-order valence-electron chi connectivity index (χ2n) is 7.46. The van der Waals surface area contributed by atoms with Crippen LogP contribution in [0, 0.1) is 13.8 Å². The molecule has 0 saturated carbocycles. The van der Waals surface area contributed by atoms with Crippen LogP contribution in [0.1, 0.15) is 37.5 Å². The Labute approximate surface area is 156 Å². The SMILES string of the molecule is Cc1cccc(OCCNC(=O)COc2ccc(C(C)(C)C)cc2)c1C. The number of amides is 1. The Morgan fingerprint density at radius 2 is 1.69 bits per heavy atom. The van der Waals surface area contributed by atoms with Gasteiger partial charge in [-0.3, -0.25) is 4.79 Å². The maximum atomic E-state index is 11.9. The van der Waals surface area contributed by atoms with E-state index in [9.17, 15) is 4.79 Å². The van der Waals surface area contributed by atoms with Crippen molar-refractivity contribution in [2.75, 3.05) is 19.8 Å². The predicted molar refractivity (Wildman–Crippen MR) is 105 cm³/mol. The Morgan fingerprint density at radius 3 is 2.35 bits per heavy atom. The van der Waals surface area contributed by atoms with Gasteiger partial charge in [-0.25, -0.2) is 0 Å². The van der Waals surface area contributed by atoms with Gasteiger partial charge in [0.1, 0.15) is 18.1 Å². The first-order chi connectivity index (χ1) is 12.3. The number of ether oxygens (including phenoxy) is 2. The molecule has 0 atom stereocenters. The molecule has 0 unspecified atom stereocenters. The van der Waals surface area contributed by atoms with E-state index in [1.807, 2.05) is 43.3 Å². The first kappa shape index (κ1) is 19.8. The monoisotopic (exact) mass is 355 g/mol. The Kier molecular flexibility index (Phi) is 6.67. The van der Waals surface area contributed by atoms with E-state index < -0.39 is 0 Å². The molecule has 0 saturated heterocycles. The van der Waals surface area contributed by atoms with E-state index in [0.717, 1.165) is 11.3 Å². The molecule has 0 aliphatic rings. The zero-order chi connectivity index (χ0) is 19.2. The Bertz CT molecular complexity index is 730. The molecule has 0 fully saturated rings. The van der Waals surface area contributed by atoms with Crippen LogP contribution >= 0.6 is 0 Å². The summed E-state index contributed by atoms with van der Waals surface area (Å²) >= 11 is 0. The molecule has 2 rings (SSSR count). The van der Waals surface area contributed by atoms with Crippen LogP contribution in [0.2, 0.25) is 0 Å². The molecule has 4 heteroatoms. The highest BCUT2D eigenvalue weighted by Gasteiger charge is 2.13. The minimum absolute atomic E-state index is 0.00165. The van der Waals surface area contributed by atoms with Crippen molar-refractivity contribution in [2.24, 2.45) is 0 Å². The van der Waals surface area contributed by atoms with Crippen LogP contribution < -0.4 is 14.8 Å². The highest BCUT2D eigenvalue weighted by Crippen LogP contribution is 2.24. The van der Waals surface area contributed by atoms with Crippen LogP contribution in [0.5, 0.6) is 11.5 Å². The van der Waals surface area contributed by atoms with E-state index in [2.05, 4.69) is 39.1 Å². The van der Waals surface area contributed by atoms with Crippen molar-refractivity contribution in [3.05, 3.63) is 59.2 Å². The Hall–Kier alpha value is -2.49. The summed E-state index contributed by atoms with van der Waals surface area (Å²) in [5, 5.41) is 2.80. The standard InChI is InChI=1S/C22H29NO3/c1-16-7-6-8-20(17(16)2)25-14-13-23-21(24)15-26-19-11-9-18(10-12-19)22(3,4)5/h6-12H,13-15H2,1-5H3,(H,23,24). The summed E-state index contributed by atoms with van der Waals surface area (Å²) in [4.78, 5) is 11.9. The van der Waals surface area contributed by atoms with E-state index in [0.29, 0.717) is 18.9 Å². The van der Waals surface area contributed by atoms with Gasteiger partial charge >= 0.3 is 0 Å². The molecule has 0 heterocycles. The summed E-state index contributed by atoms with van der Waals surface area (Å²) in [7, 11) is 0. The lowest BCUT2D eigenvalue weighted by Crippen LogP contribution is -2.32.